The van der Waals surface area contributed by atoms with Gasteiger partial charge in [0, 0.05) is 26.2 Å². The van der Waals surface area contributed by atoms with E-state index in [0.29, 0.717) is 18.4 Å². The van der Waals surface area contributed by atoms with Crippen LogP contribution >= 0.6 is 0 Å². The van der Waals surface area contributed by atoms with Gasteiger partial charge in [0.25, 0.3) is 0 Å². The molecule has 2 rings (SSSR count). The Morgan fingerprint density at radius 1 is 1.08 bits per heavy atom. The molecule has 2 aliphatic rings. The van der Waals surface area contributed by atoms with Gasteiger partial charge >= 0.3 is 0 Å². The molecule has 2 saturated heterocycles. The van der Waals surface area contributed by atoms with Crippen molar-refractivity contribution < 1.29 is 9.59 Å². The molecule has 24 heavy (non-hydrogen) atoms. The van der Waals surface area contributed by atoms with Gasteiger partial charge < -0.3 is 10.2 Å². The van der Waals surface area contributed by atoms with E-state index in [2.05, 4.69) is 35.9 Å². The third kappa shape index (κ3) is 5.20. The van der Waals surface area contributed by atoms with Crippen LogP contribution in [0.4, 0.5) is 0 Å². The summed E-state index contributed by atoms with van der Waals surface area (Å²) in [6, 6.07) is -0.152. The lowest BCUT2D eigenvalue weighted by Crippen LogP contribution is -2.52. The molecule has 0 radical (unpaired) electrons. The molecule has 2 amide bonds. The van der Waals surface area contributed by atoms with Crippen molar-refractivity contribution in [1.29, 1.82) is 0 Å². The Morgan fingerprint density at radius 2 is 1.75 bits per heavy atom. The first-order chi connectivity index (χ1) is 11.4. The summed E-state index contributed by atoms with van der Waals surface area (Å²) in [4.78, 5) is 29.4. The predicted octanol–water partition coefficient (Wildman–Crippen LogP) is 2.12. The largest absolute Gasteiger partial charge is 0.354 e. The first kappa shape index (κ1) is 19.2. The van der Waals surface area contributed by atoms with Gasteiger partial charge in [-0.25, -0.2) is 0 Å². The number of nitrogens with one attached hydrogen (secondary N) is 1. The van der Waals surface area contributed by atoms with Crippen molar-refractivity contribution in [3.8, 4) is 0 Å². The molecule has 2 heterocycles. The minimum atomic E-state index is -0.152. The lowest BCUT2D eigenvalue weighted by Gasteiger charge is -2.39. The summed E-state index contributed by atoms with van der Waals surface area (Å²) in [6.45, 7) is 12.6. The maximum Gasteiger partial charge on any atom is 0.237 e. The normalized spacial score (nSPS) is 24.9. The number of hydrogen-bond donors (Lipinski definition) is 1. The van der Waals surface area contributed by atoms with Gasteiger partial charge in [-0.2, -0.15) is 0 Å². The summed E-state index contributed by atoms with van der Waals surface area (Å²) >= 11 is 0. The molecular weight excluding hydrogens is 302 g/mol. The first-order valence-electron chi connectivity index (χ1n) is 9.69. The van der Waals surface area contributed by atoms with Gasteiger partial charge in [-0.15, -0.1) is 0 Å². The Morgan fingerprint density at radius 3 is 2.38 bits per heavy atom. The molecule has 0 aliphatic carbocycles. The Balaban J connectivity index is 1.86. The van der Waals surface area contributed by atoms with E-state index in [1.165, 1.54) is 0 Å². The minimum absolute atomic E-state index is 0.0625. The molecule has 2 fully saturated rings. The highest BCUT2D eigenvalue weighted by Crippen LogP contribution is 2.24. The molecular formula is C19H35N3O2. The first-order valence-corrected chi connectivity index (χ1v) is 9.69. The number of rotatable bonds is 5. The van der Waals surface area contributed by atoms with Crippen LogP contribution in [0.2, 0.25) is 0 Å². The summed E-state index contributed by atoms with van der Waals surface area (Å²) in [5, 5.41) is 3.02. The zero-order valence-electron chi connectivity index (χ0n) is 15.9. The van der Waals surface area contributed by atoms with Gasteiger partial charge in [-0.3, -0.25) is 14.5 Å². The number of carbonyl (C=O) groups excluding carboxylic acids is 2. The summed E-state index contributed by atoms with van der Waals surface area (Å²) in [7, 11) is 0. The molecule has 0 aromatic heterocycles. The summed E-state index contributed by atoms with van der Waals surface area (Å²) in [5.41, 5.74) is 0. The highest BCUT2D eigenvalue weighted by Gasteiger charge is 2.33. The molecule has 2 aliphatic heterocycles. The van der Waals surface area contributed by atoms with Crippen LogP contribution in [-0.4, -0.2) is 60.4 Å². The molecule has 1 N–H and O–H groups in total. The van der Waals surface area contributed by atoms with Crippen LogP contribution in [0, 0.1) is 17.8 Å². The number of likely N-dealkylation sites (tertiary alicyclic amines) is 2. The third-order valence-corrected chi connectivity index (χ3v) is 5.51. The van der Waals surface area contributed by atoms with E-state index in [4.69, 9.17) is 0 Å². The number of nitrogens with zero attached hydrogens (tertiary/aromatic N) is 2. The average Bonchev–Trinajstić information content (AvgIpc) is 2.59. The van der Waals surface area contributed by atoms with E-state index in [1.807, 2.05) is 6.92 Å². The van der Waals surface area contributed by atoms with Crippen molar-refractivity contribution in [1.82, 2.24) is 15.1 Å². The number of hydrogen-bond acceptors (Lipinski definition) is 3. The van der Waals surface area contributed by atoms with Crippen molar-refractivity contribution in [2.24, 2.45) is 17.8 Å². The second-order valence-corrected chi connectivity index (χ2v) is 8.16. The highest BCUT2D eigenvalue weighted by atomic mass is 16.2. The van der Waals surface area contributed by atoms with E-state index in [0.717, 1.165) is 57.8 Å². The third-order valence-electron chi connectivity index (χ3n) is 5.51. The Labute approximate surface area is 147 Å². The van der Waals surface area contributed by atoms with Crippen LogP contribution in [0.5, 0.6) is 0 Å². The van der Waals surface area contributed by atoms with Crippen molar-refractivity contribution in [3.05, 3.63) is 0 Å². The molecule has 0 aromatic carbocycles. The van der Waals surface area contributed by atoms with E-state index in [1.54, 1.807) is 0 Å². The number of amides is 2. The fraction of sp³-hybridized carbons (Fsp3) is 0.895. The molecule has 0 unspecified atom stereocenters. The Kier molecular flexibility index (Phi) is 7.08. The summed E-state index contributed by atoms with van der Waals surface area (Å²) in [6.07, 6.45) is 4.20. The fourth-order valence-electron chi connectivity index (χ4n) is 3.67. The van der Waals surface area contributed by atoms with E-state index >= 15 is 0 Å². The number of carbonyl (C=O) groups is 2. The summed E-state index contributed by atoms with van der Waals surface area (Å²) < 4.78 is 0. The smallest absolute Gasteiger partial charge is 0.237 e. The molecule has 138 valence electrons. The quantitative estimate of drug-likeness (QED) is 0.836. The highest BCUT2D eigenvalue weighted by molar-refractivity contribution is 5.82. The zero-order valence-corrected chi connectivity index (χ0v) is 15.9. The van der Waals surface area contributed by atoms with Gasteiger partial charge in [0.05, 0.1) is 12.0 Å². The minimum Gasteiger partial charge on any atom is -0.354 e. The van der Waals surface area contributed by atoms with Gasteiger partial charge in [0.1, 0.15) is 0 Å². The topological polar surface area (TPSA) is 52.7 Å². The standard InChI is InChI=1S/C19H35N3O2/c1-14(2)12-20-18(23)16(4)22-9-5-6-17(13-22)19(24)21-10-7-15(3)8-11-21/h14-17H,5-13H2,1-4H3,(H,20,23)/t16-,17+/m0/s1. The van der Waals surface area contributed by atoms with Gasteiger partial charge in [-0.05, 0) is 51.0 Å². The van der Waals surface area contributed by atoms with Gasteiger partial charge in [0.15, 0.2) is 0 Å². The van der Waals surface area contributed by atoms with Crippen molar-refractivity contribution >= 4 is 11.8 Å². The summed E-state index contributed by atoms with van der Waals surface area (Å²) in [5.74, 6) is 1.65. The maximum absolute atomic E-state index is 12.8. The van der Waals surface area contributed by atoms with Gasteiger partial charge in [-0.1, -0.05) is 20.8 Å². The molecule has 2 atom stereocenters. The maximum atomic E-state index is 12.8. The van der Waals surface area contributed by atoms with Crippen LogP contribution < -0.4 is 5.32 Å². The van der Waals surface area contributed by atoms with E-state index in [9.17, 15) is 9.59 Å². The van der Waals surface area contributed by atoms with Gasteiger partial charge in [0.2, 0.25) is 11.8 Å². The molecule has 0 spiro atoms. The monoisotopic (exact) mass is 337 g/mol. The fourth-order valence-corrected chi connectivity index (χ4v) is 3.67. The molecule has 5 heteroatoms. The number of piperidine rings is 2. The van der Waals surface area contributed by atoms with Crippen LogP contribution in [0.1, 0.15) is 53.4 Å². The van der Waals surface area contributed by atoms with E-state index < -0.39 is 0 Å². The average molecular weight is 338 g/mol. The lowest BCUT2D eigenvalue weighted by molar-refractivity contribution is -0.140. The van der Waals surface area contributed by atoms with Crippen molar-refractivity contribution in [3.63, 3.8) is 0 Å². The van der Waals surface area contributed by atoms with Crippen LogP contribution in [0.15, 0.2) is 0 Å². The molecule has 5 nitrogen and oxygen atoms in total. The molecule has 0 bridgehead atoms. The van der Waals surface area contributed by atoms with Crippen molar-refractivity contribution in [2.75, 3.05) is 32.7 Å². The van der Waals surface area contributed by atoms with E-state index in [-0.39, 0.29) is 17.9 Å². The predicted molar refractivity (Wildman–Crippen MR) is 96.6 cm³/mol. The molecule has 0 saturated carbocycles. The lowest BCUT2D eigenvalue weighted by atomic mass is 9.93. The van der Waals surface area contributed by atoms with Crippen LogP contribution in [-0.2, 0) is 9.59 Å². The van der Waals surface area contributed by atoms with Crippen LogP contribution in [0.25, 0.3) is 0 Å². The van der Waals surface area contributed by atoms with Crippen LogP contribution in [0.3, 0.4) is 0 Å². The Hall–Kier alpha value is -1.10. The molecule has 0 aromatic rings. The second-order valence-electron chi connectivity index (χ2n) is 8.16. The second kappa shape index (κ2) is 8.84. The Bertz CT molecular complexity index is 430. The SMILES string of the molecule is CC(C)CNC(=O)[C@H](C)N1CCC[C@@H](C(=O)N2CCC(C)CC2)C1. The van der Waals surface area contributed by atoms with Crippen molar-refractivity contribution in [2.45, 2.75) is 59.4 Å². The zero-order chi connectivity index (χ0) is 17.7.